The fraction of sp³-hybridized carbons (Fsp3) is 0.300. The van der Waals surface area contributed by atoms with Crippen molar-refractivity contribution >= 4 is 28.7 Å². The van der Waals surface area contributed by atoms with E-state index in [1.807, 2.05) is 24.3 Å². The van der Waals surface area contributed by atoms with Gasteiger partial charge >= 0.3 is 5.97 Å². The van der Waals surface area contributed by atoms with Crippen LogP contribution in [0.4, 0.5) is 17.1 Å². The zero-order valence-electron chi connectivity index (χ0n) is 28.3. The van der Waals surface area contributed by atoms with Gasteiger partial charge in [-0.15, -0.1) is 0 Å². The van der Waals surface area contributed by atoms with Gasteiger partial charge in [0.1, 0.15) is 13.7 Å². The second-order valence-corrected chi connectivity index (χ2v) is 13.8. The number of anilines is 2. The Bertz CT molecular complexity index is 1910. The predicted octanol–water partition coefficient (Wildman–Crippen LogP) is 8.36. The molecule has 1 aliphatic carbocycles. The van der Waals surface area contributed by atoms with Crippen LogP contribution in [0.1, 0.15) is 67.6 Å². The van der Waals surface area contributed by atoms with Crippen LogP contribution in [0.15, 0.2) is 114 Å². The molecule has 2 N–H and O–H groups in total. The molecule has 0 bridgehead atoms. The molecule has 0 amide bonds. The molecule has 2 aliphatic heterocycles. The van der Waals surface area contributed by atoms with Crippen LogP contribution in [0.3, 0.4) is 0 Å². The molecule has 1 fully saturated rings. The third-order valence-corrected chi connectivity index (χ3v) is 10.2. The van der Waals surface area contributed by atoms with Crippen molar-refractivity contribution in [3.05, 3.63) is 136 Å². The Morgan fingerprint density at radius 3 is 1.87 bits per heavy atom. The van der Waals surface area contributed by atoms with Crippen LogP contribution in [0.25, 0.3) is 0 Å². The van der Waals surface area contributed by atoms with Gasteiger partial charge in [-0.1, -0.05) is 70.2 Å². The number of benzene rings is 3. The molecule has 3 aromatic rings. The number of nitrogens with zero attached hydrogens (tertiary/aromatic N) is 3. The summed E-state index contributed by atoms with van der Waals surface area (Å²) in [4.78, 5) is 20.6. The predicted molar refractivity (Wildman–Crippen MR) is 189 cm³/mol. The van der Waals surface area contributed by atoms with Crippen molar-refractivity contribution < 1.29 is 24.6 Å². The van der Waals surface area contributed by atoms with Crippen LogP contribution in [-0.2, 0) is 22.3 Å². The average Bonchev–Trinajstić information content (AvgIpc) is 3.60. The Balaban J connectivity index is 1.41. The average molecular weight is 631 g/mol. The smallest absolute Gasteiger partial charge is 0.335 e. The summed E-state index contributed by atoms with van der Waals surface area (Å²) in [5, 5.41) is 18.7. The van der Waals surface area contributed by atoms with Gasteiger partial charge in [0, 0.05) is 71.0 Å². The minimum atomic E-state index is -0.911. The highest BCUT2D eigenvalue weighted by molar-refractivity contribution is 6.12. The lowest BCUT2D eigenvalue weighted by atomic mass is 9.83. The molecule has 47 heavy (non-hydrogen) atoms. The topological polar surface area (TPSA) is 76.2 Å². The number of hydrogen-bond acceptors (Lipinski definition) is 5. The van der Waals surface area contributed by atoms with E-state index in [0.717, 1.165) is 46.7 Å². The second kappa shape index (κ2) is 12.1. The largest absolute Gasteiger partial charge is 0.478 e. The van der Waals surface area contributed by atoms with Crippen LogP contribution in [-0.4, -0.2) is 47.8 Å². The molecular formula is C40H44N3O4+. The van der Waals surface area contributed by atoms with Gasteiger partial charge in [-0.25, -0.2) is 9.68 Å². The van der Waals surface area contributed by atoms with E-state index < -0.39 is 5.97 Å². The fourth-order valence-corrected chi connectivity index (χ4v) is 7.62. The van der Waals surface area contributed by atoms with Crippen LogP contribution in [0, 0.1) is 0 Å². The van der Waals surface area contributed by atoms with E-state index in [-0.39, 0.29) is 17.4 Å². The van der Waals surface area contributed by atoms with E-state index in [1.165, 1.54) is 28.1 Å². The van der Waals surface area contributed by atoms with Gasteiger partial charge in [0.15, 0.2) is 0 Å². The number of aromatic carboxylic acids is 1. The van der Waals surface area contributed by atoms with E-state index in [9.17, 15) is 9.90 Å². The Hall–Kier alpha value is -4.72. The zero-order valence-corrected chi connectivity index (χ0v) is 28.3. The maximum atomic E-state index is 11.7. The third-order valence-electron chi connectivity index (χ3n) is 10.2. The molecule has 0 radical (unpaired) electrons. The Kier molecular flexibility index (Phi) is 8.32. The Morgan fingerprint density at radius 2 is 1.34 bits per heavy atom. The van der Waals surface area contributed by atoms with Crippen molar-refractivity contribution in [2.45, 2.75) is 58.0 Å². The number of hydrogen-bond donors (Lipinski definition) is 2. The van der Waals surface area contributed by atoms with Crippen molar-refractivity contribution in [3.8, 4) is 0 Å². The highest BCUT2D eigenvalue weighted by atomic mass is 17.1. The molecule has 3 aromatic carbocycles. The summed E-state index contributed by atoms with van der Waals surface area (Å²) in [5.41, 5.74) is 12.3. The van der Waals surface area contributed by atoms with Gasteiger partial charge in [-0.3, -0.25) is 5.26 Å². The van der Waals surface area contributed by atoms with Crippen LogP contribution < -0.4 is 9.80 Å². The maximum absolute atomic E-state index is 11.7. The number of rotatable bonds is 6. The lowest BCUT2D eigenvalue weighted by Crippen LogP contribution is -2.23. The van der Waals surface area contributed by atoms with Crippen LogP contribution in [0.5, 0.6) is 0 Å². The number of para-hydroxylation sites is 1. The molecule has 6 rings (SSSR count). The molecule has 0 unspecified atom stereocenters. The standard InChI is InChI=1S/C40H43N3O4/c1-39(2)31-23-26(25-47-46)13-19-33(31)42(6)35(39)21-17-27-14-15-28(37(27)41(5)30-11-9-8-10-12-30)18-22-36-40(3,4)32-24-29(38(44)45)16-20-34(32)43(36)7/h8-13,16-24H,14-15,25H2,1-7H3,(H-,44,45,46)/p+1. The molecular weight excluding hydrogens is 586 g/mol. The summed E-state index contributed by atoms with van der Waals surface area (Å²) < 4.78 is 2.29. The number of allylic oxidation sites excluding steroid dienone is 8. The van der Waals surface area contributed by atoms with Crippen LogP contribution in [0.2, 0.25) is 0 Å². The van der Waals surface area contributed by atoms with E-state index in [0.29, 0.717) is 5.56 Å². The molecule has 1 saturated carbocycles. The zero-order chi connectivity index (χ0) is 33.7. The molecule has 0 spiro atoms. The van der Waals surface area contributed by atoms with E-state index in [2.05, 4.69) is 129 Å². The molecule has 0 atom stereocenters. The SMILES string of the molecule is CN1C(=CC=C2CC/C(=C\C=C3/N(C)c4ccc(C(=O)O)cc4C3(C)C)C2=[N+](C)c2ccccc2)C(C)(C)c2cc(COO)ccc21. The lowest BCUT2D eigenvalue weighted by Gasteiger charge is -2.24. The van der Waals surface area contributed by atoms with Gasteiger partial charge < -0.3 is 14.9 Å². The fourth-order valence-electron chi connectivity index (χ4n) is 7.62. The van der Waals surface area contributed by atoms with Gasteiger partial charge in [0.05, 0.1) is 5.56 Å². The van der Waals surface area contributed by atoms with Gasteiger partial charge in [-0.2, -0.15) is 4.58 Å². The molecule has 3 aliphatic rings. The first-order valence-corrected chi connectivity index (χ1v) is 16.1. The third kappa shape index (κ3) is 5.53. The molecule has 2 heterocycles. The first-order valence-electron chi connectivity index (χ1n) is 16.1. The van der Waals surface area contributed by atoms with Crippen molar-refractivity contribution in [1.29, 1.82) is 0 Å². The number of carboxylic acid groups (broad SMARTS) is 1. The molecule has 0 saturated heterocycles. The molecule has 7 heteroatoms. The van der Waals surface area contributed by atoms with E-state index in [1.54, 1.807) is 6.07 Å². The number of carbonyl (C=O) groups is 1. The highest BCUT2D eigenvalue weighted by Crippen LogP contribution is 2.49. The van der Waals surface area contributed by atoms with Crippen LogP contribution >= 0.6 is 0 Å². The number of carboxylic acids is 1. The van der Waals surface area contributed by atoms with E-state index >= 15 is 0 Å². The minimum absolute atomic E-state index is 0.161. The van der Waals surface area contributed by atoms with Crippen molar-refractivity contribution in [2.75, 3.05) is 30.9 Å². The quantitative estimate of drug-likeness (QED) is 0.162. The Labute approximate surface area is 277 Å². The highest BCUT2D eigenvalue weighted by Gasteiger charge is 2.40. The summed E-state index contributed by atoms with van der Waals surface area (Å²) in [6.07, 6.45) is 10.9. The summed E-state index contributed by atoms with van der Waals surface area (Å²) in [6, 6.07) is 22.1. The monoisotopic (exact) mass is 630 g/mol. The van der Waals surface area contributed by atoms with Gasteiger partial charge in [-0.05, 0) is 65.9 Å². The number of fused-ring (bicyclic) bond motifs is 2. The Morgan fingerprint density at radius 1 is 0.809 bits per heavy atom. The normalized spacial score (nSPS) is 22.5. The molecule has 242 valence electrons. The van der Waals surface area contributed by atoms with Crippen molar-refractivity contribution in [1.82, 2.24) is 0 Å². The second-order valence-electron chi connectivity index (χ2n) is 13.8. The summed E-state index contributed by atoms with van der Waals surface area (Å²) >= 11 is 0. The minimum Gasteiger partial charge on any atom is -0.478 e. The van der Waals surface area contributed by atoms with Gasteiger partial charge in [0.2, 0.25) is 11.4 Å². The first-order chi connectivity index (χ1) is 22.4. The van der Waals surface area contributed by atoms with Crippen molar-refractivity contribution in [2.24, 2.45) is 0 Å². The summed E-state index contributed by atoms with van der Waals surface area (Å²) in [7, 11) is 6.31. The molecule has 7 nitrogen and oxygen atoms in total. The summed E-state index contributed by atoms with van der Waals surface area (Å²) in [5.74, 6) is -0.911. The first kappa shape index (κ1) is 32.2. The van der Waals surface area contributed by atoms with E-state index in [4.69, 9.17) is 5.26 Å². The van der Waals surface area contributed by atoms with Gasteiger partial charge in [0.25, 0.3) is 0 Å². The lowest BCUT2D eigenvalue weighted by molar-refractivity contribution is -0.403. The van der Waals surface area contributed by atoms with Crippen molar-refractivity contribution in [3.63, 3.8) is 0 Å². The maximum Gasteiger partial charge on any atom is 0.335 e. The molecule has 0 aromatic heterocycles. The number of likely N-dealkylation sites (N-methyl/N-ethyl adjacent to an activating group) is 2. The summed E-state index contributed by atoms with van der Waals surface area (Å²) in [6.45, 7) is 8.97.